The standard InChI is InChI=1S/C20H25N3O4.C4H6O5/c1-11-7-12(21)9-22(8-11)16-6-5-14-17(19(16)27-2)23(13-3-4-13)10-15(18(14)24)20(25)26;5-2(4(8)9)1-3(6)7/h5-6,10-13H,3-4,7-9,21H2,1-2H3,(H,25,26);2,5H,1H2,(H,6,7)(H,8,9)/t11-,12+;/m0./s1. The number of rotatable bonds is 7. The molecule has 1 saturated heterocycles. The van der Waals surface area contributed by atoms with Crippen molar-refractivity contribution in [1.82, 2.24) is 4.57 Å². The Balaban J connectivity index is 0.000000345. The largest absolute Gasteiger partial charge is 0.492 e. The first-order valence-electron chi connectivity index (χ1n) is 11.6. The number of aromatic nitrogens is 1. The van der Waals surface area contributed by atoms with Crippen molar-refractivity contribution in [3.63, 3.8) is 0 Å². The van der Waals surface area contributed by atoms with Crippen LogP contribution in [0.5, 0.6) is 5.75 Å². The average molecular weight is 506 g/mol. The van der Waals surface area contributed by atoms with Gasteiger partial charge in [-0.3, -0.25) is 9.59 Å². The van der Waals surface area contributed by atoms with Crippen LogP contribution in [0.4, 0.5) is 5.69 Å². The van der Waals surface area contributed by atoms with Gasteiger partial charge in [0, 0.05) is 31.4 Å². The third kappa shape index (κ3) is 5.94. The molecule has 12 heteroatoms. The maximum Gasteiger partial charge on any atom is 0.341 e. The van der Waals surface area contributed by atoms with Gasteiger partial charge in [-0.1, -0.05) is 6.92 Å². The Kier molecular flexibility index (Phi) is 8.21. The van der Waals surface area contributed by atoms with Gasteiger partial charge >= 0.3 is 17.9 Å². The molecule has 1 aromatic heterocycles. The zero-order chi connectivity index (χ0) is 26.7. The summed E-state index contributed by atoms with van der Waals surface area (Å²) in [6.07, 6.45) is 1.85. The maximum absolute atomic E-state index is 12.7. The Labute approximate surface area is 206 Å². The van der Waals surface area contributed by atoms with E-state index >= 15 is 0 Å². The number of aliphatic carboxylic acids is 2. The summed E-state index contributed by atoms with van der Waals surface area (Å²) in [6.45, 7) is 3.78. The van der Waals surface area contributed by atoms with E-state index in [-0.39, 0.29) is 17.6 Å². The molecule has 6 N–H and O–H groups in total. The van der Waals surface area contributed by atoms with E-state index in [1.54, 1.807) is 13.2 Å². The number of methoxy groups -OCH3 is 1. The molecule has 0 spiro atoms. The first-order chi connectivity index (χ1) is 16.9. The molecule has 1 saturated carbocycles. The summed E-state index contributed by atoms with van der Waals surface area (Å²) in [5, 5.41) is 34.0. The topological polar surface area (TPSA) is 193 Å². The monoisotopic (exact) mass is 505 g/mol. The first-order valence-corrected chi connectivity index (χ1v) is 11.6. The molecule has 2 fully saturated rings. The molecule has 0 bridgehead atoms. The van der Waals surface area contributed by atoms with E-state index in [4.69, 9.17) is 25.8 Å². The third-order valence-corrected chi connectivity index (χ3v) is 6.19. The van der Waals surface area contributed by atoms with Crippen molar-refractivity contribution in [3.8, 4) is 5.75 Å². The van der Waals surface area contributed by atoms with E-state index < -0.39 is 35.9 Å². The molecular formula is C24H31N3O9. The highest BCUT2D eigenvalue weighted by molar-refractivity contribution is 5.97. The Hall–Kier alpha value is -3.64. The number of fused-ring (bicyclic) bond motifs is 1. The van der Waals surface area contributed by atoms with Gasteiger partial charge in [-0.25, -0.2) is 9.59 Å². The summed E-state index contributed by atoms with van der Waals surface area (Å²) in [5.41, 5.74) is 7.14. The number of anilines is 1. The van der Waals surface area contributed by atoms with Gasteiger partial charge in [0.1, 0.15) is 5.56 Å². The number of aliphatic hydroxyl groups is 1. The Morgan fingerprint density at radius 2 is 1.83 bits per heavy atom. The molecule has 1 unspecified atom stereocenters. The summed E-state index contributed by atoms with van der Waals surface area (Å²) < 4.78 is 7.68. The lowest BCUT2D eigenvalue weighted by Crippen LogP contribution is -2.46. The quantitative estimate of drug-likeness (QED) is 0.362. The fraction of sp³-hybridized carbons (Fsp3) is 0.500. The molecule has 196 valence electrons. The van der Waals surface area contributed by atoms with E-state index in [0.29, 0.717) is 22.6 Å². The van der Waals surface area contributed by atoms with E-state index in [1.165, 1.54) is 6.20 Å². The van der Waals surface area contributed by atoms with Crippen LogP contribution < -0.4 is 20.8 Å². The van der Waals surface area contributed by atoms with Crippen LogP contribution in [-0.4, -0.2) is 75.2 Å². The van der Waals surface area contributed by atoms with Crippen molar-refractivity contribution in [1.29, 1.82) is 0 Å². The number of carboxylic acids is 3. The Bertz CT molecular complexity index is 1210. The van der Waals surface area contributed by atoms with Crippen molar-refractivity contribution < 1.29 is 39.5 Å². The van der Waals surface area contributed by atoms with Crippen LogP contribution in [0.1, 0.15) is 49.0 Å². The number of piperidine rings is 1. The van der Waals surface area contributed by atoms with Crippen molar-refractivity contribution in [2.75, 3.05) is 25.1 Å². The molecule has 4 rings (SSSR count). The van der Waals surface area contributed by atoms with Crippen LogP contribution in [0.15, 0.2) is 23.1 Å². The molecule has 0 amide bonds. The summed E-state index contributed by atoms with van der Waals surface area (Å²) in [5.74, 6) is -2.96. The molecule has 1 aliphatic heterocycles. The molecule has 36 heavy (non-hydrogen) atoms. The van der Waals surface area contributed by atoms with Gasteiger partial charge in [0.05, 0.1) is 30.1 Å². The van der Waals surface area contributed by atoms with E-state index in [0.717, 1.165) is 38.0 Å². The predicted molar refractivity (Wildman–Crippen MR) is 130 cm³/mol. The number of hydrogen-bond donors (Lipinski definition) is 5. The minimum atomic E-state index is -1.79. The van der Waals surface area contributed by atoms with Crippen LogP contribution in [0.2, 0.25) is 0 Å². The molecule has 0 radical (unpaired) electrons. The summed E-state index contributed by atoms with van der Waals surface area (Å²) in [7, 11) is 1.60. The van der Waals surface area contributed by atoms with Gasteiger partial charge in [-0.2, -0.15) is 0 Å². The number of nitrogens with zero attached hydrogens (tertiary/aromatic N) is 2. The Morgan fingerprint density at radius 1 is 1.17 bits per heavy atom. The predicted octanol–water partition coefficient (Wildman–Crippen LogP) is 1.12. The number of carboxylic acid groups (broad SMARTS) is 3. The van der Waals surface area contributed by atoms with Gasteiger partial charge in [0.25, 0.3) is 0 Å². The lowest BCUT2D eigenvalue weighted by Gasteiger charge is -2.37. The summed E-state index contributed by atoms with van der Waals surface area (Å²) in [4.78, 5) is 45.9. The number of pyridine rings is 1. The molecule has 2 aliphatic rings. The molecule has 3 atom stereocenters. The maximum atomic E-state index is 12.7. The highest BCUT2D eigenvalue weighted by atomic mass is 16.5. The minimum absolute atomic E-state index is 0.0918. The number of nitrogens with two attached hydrogens (primary N) is 1. The minimum Gasteiger partial charge on any atom is -0.492 e. The number of aliphatic hydroxyl groups excluding tert-OH is 1. The number of carbonyl (C=O) groups is 3. The first kappa shape index (κ1) is 27.0. The second kappa shape index (κ2) is 11.0. The van der Waals surface area contributed by atoms with Gasteiger partial charge < -0.3 is 40.4 Å². The van der Waals surface area contributed by atoms with Gasteiger partial charge in [0.2, 0.25) is 5.43 Å². The van der Waals surface area contributed by atoms with Crippen LogP contribution in [0.3, 0.4) is 0 Å². The van der Waals surface area contributed by atoms with E-state index in [1.807, 2.05) is 10.6 Å². The second-order valence-electron chi connectivity index (χ2n) is 9.29. The van der Waals surface area contributed by atoms with Crippen LogP contribution in [-0.2, 0) is 9.59 Å². The Morgan fingerprint density at radius 3 is 2.31 bits per heavy atom. The van der Waals surface area contributed by atoms with Crippen molar-refractivity contribution in [3.05, 3.63) is 34.1 Å². The van der Waals surface area contributed by atoms with E-state index in [2.05, 4.69) is 11.8 Å². The van der Waals surface area contributed by atoms with Crippen LogP contribution in [0, 0.1) is 5.92 Å². The van der Waals surface area contributed by atoms with Crippen molar-refractivity contribution in [2.24, 2.45) is 11.7 Å². The molecule has 2 aromatic rings. The lowest BCUT2D eigenvalue weighted by molar-refractivity contribution is -0.152. The second-order valence-corrected chi connectivity index (χ2v) is 9.29. The fourth-order valence-electron chi connectivity index (χ4n) is 4.50. The third-order valence-electron chi connectivity index (χ3n) is 6.19. The number of ether oxygens (including phenoxy) is 1. The zero-order valence-corrected chi connectivity index (χ0v) is 20.1. The highest BCUT2D eigenvalue weighted by Crippen LogP contribution is 2.43. The fourth-order valence-corrected chi connectivity index (χ4v) is 4.50. The van der Waals surface area contributed by atoms with Gasteiger partial charge in [-0.15, -0.1) is 0 Å². The van der Waals surface area contributed by atoms with Gasteiger partial charge in [0.15, 0.2) is 11.9 Å². The SMILES string of the molecule is COc1c(N2C[C@@H](C)C[C@@H](N)C2)ccc2c(=O)c(C(=O)O)cn(C3CC3)c12.O=C(O)CC(O)C(=O)O. The molecule has 1 aromatic carbocycles. The van der Waals surface area contributed by atoms with Gasteiger partial charge in [-0.05, 0) is 37.3 Å². The summed E-state index contributed by atoms with van der Waals surface area (Å²) >= 11 is 0. The zero-order valence-electron chi connectivity index (χ0n) is 20.1. The lowest BCUT2D eigenvalue weighted by atomic mass is 9.95. The molecule has 12 nitrogen and oxygen atoms in total. The van der Waals surface area contributed by atoms with Crippen LogP contribution >= 0.6 is 0 Å². The molecular weight excluding hydrogens is 474 g/mol. The average Bonchev–Trinajstić information content (AvgIpc) is 3.63. The normalized spacial score (nSPS) is 20.3. The highest BCUT2D eigenvalue weighted by Gasteiger charge is 2.31. The van der Waals surface area contributed by atoms with Crippen LogP contribution in [0.25, 0.3) is 10.9 Å². The summed E-state index contributed by atoms with van der Waals surface area (Å²) in [6, 6.07) is 3.88. The molecule has 2 heterocycles. The van der Waals surface area contributed by atoms with Crippen molar-refractivity contribution >= 4 is 34.5 Å². The number of aromatic carboxylic acids is 1. The number of benzene rings is 1. The smallest absolute Gasteiger partial charge is 0.341 e. The number of hydrogen-bond acceptors (Lipinski definition) is 8. The van der Waals surface area contributed by atoms with Crippen molar-refractivity contribution in [2.45, 2.75) is 50.8 Å². The molecule has 1 aliphatic carbocycles. The van der Waals surface area contributed by atoms with E-state index in [9.17, 15) is 24.3 Å².